The van der Waals surface area contributed by atoms with E-state index in [1.165, 1.54) is 12.1 Å². The summed E-state index contributed by atoms with van der Waals surface area (Å²) in [5, 5.41) is 12.9. The van der Waals surface area contributed by atoms with E-state index in [1.807, 2.05) is 37.3 Å². The maximum Gasteiger partial charge on any atom is 0.326 e. The van der Waals surface area contributed by atoms with Gasteiger partial charge < -0.3 is 19.7 Å². The first-order valence-corrected chi connectivity index (χ1v) is 14.1. The monoisotopic (exact) mass is 603 g/mol. The minimum atomic E-state index is -1.17. The summed E-state index contributed by atoms with van der Waals surface area (Å²) in [5.74, 6) is -0.909. The third kappa shape index (κ3) is 10.6. The number of rotatable bonds is 15. The van der Waals surface area contributed by atoms with Gasteiger partial charge in [-0.3, -0.25) is 4.79 Å². The Morgan fingerprint density at radius 1 is 1.16 bits per heavy atom. The zero-order valence-corrected chi connectivity index (χ0v) is 24.9. The van der Waals surface area contributed by atoms with Crippen LogP contribution in [-0.4, -0.2) is 32.6 Å². The van der Waals surface area contributed by atoms with Crippen molar-refractivity contribution in [2.75, 3.05) is 0 Å². The Bertz CT molecular complexity index is 1520. The fraction of sp³-hybridized carbons (Fsp3) is 0.206. The molecule has 0 saturated carbocycles. The molecule has 0 aliphatic carbocycles. The predicted octanol–water partition coefficient (Wildman–Crippen LogP) is 7.45. The standard InChI is InChI=1S/C34H35ClFN3O4/c1-4-6-9-30(43-23-25-12-18-29(36)19-13-25)10-7-8-11-31(34(41)42)38-33(40)32-22-39(24(3)37-32)21-20-26(5-2)27-14-16-28(35)17-15-27/h5-10,12-20,22,31H,2,4,11,21,23H2,1,3H3,(H,38,40)(H,41,42)/b8-7+,9-6-,26-20+,30-10+. The molecule has 0 aliphatic heterocycles. The van der Waals surface area contributed by atoms with Crippen molar-refractivity contribution in [2.24, 2.45) is 0 Å². The summed E-state index contributed by atoms with van der Waals surface area (Å²) in [6.45, 7) is 8.33. The zero-order valence-electron chi connectivity index (χ0n) is 24.2. The molecule has 2 N–H and O–H groups in total. The summed E-state index contributed by atoms with van der Waals surface area (Å²) in [5.41, 5.74) is 2.78. The van der Waals surface area contributed by atoms with Crippen LogP contribution in [0.25, 0.3) is 5.57 Å². The number of allylic oxidation sites excluding steroid dienone is 7. The first kappa shape index (κ1) is 32.8. The van der Waals surface area contributed by atoms with Crippen LogP contribution in [0.5, 0.6) is 0 Å². The summed E-state index contributed by atoms with van der Waals surface area (Å²) in [7, 11) is 0. The maximum atomic E-state index is 13.2. The molecule has 1 atom stereocenters. The molecule has 2 aromatic carbocycles. The van der Waals surface area contributed by atoms with Gasteiger partial charge in [0.1, 0.15) is 35.7 Å². The number of hydrogen-bond donors (Lipinski definition) is 2. The Balaban J connectivity index is 1.62. The average Bonchev–Trinajstić information content (AvgIpc) is 3.37. The molecule has 0 spiro atoms. The zero-order chi connectivity index (χ0) is 31.2. The smallest absolute Gasteiger partial charge is 0.326 e. The minimum absolute atomic E-state index is 0.0481. The van der Waals surface area contributed by atoms with Crippen LogP contribution in [0, 0.1) is 12.7 Å². The van der Waals surface area contributed by atoms with Crippen molar-refractivity contribution in [3.8, 4) is 0 Å². The minimum Gasteiger partial charge on any atom is -0.489 e. The van der Waals surface area contributed by atoms with E-state index in [4.69, 9.17) is 16.3 Å². The molecule has 0 bridgehead atoms. The second-order valence-corrected chi connectivity index (χ2v) is 9.96. The van der Waals surface area contributed by atoms with Crippen LogP contribution >= 0.6 is 11.6 Å². The van der Waals surface area contributed by atoms with Gasteiger partial charge in [-0.2, -0.15) is 0 Å². The Kier molecular flexibility index (Phi) is 12.7. The lowest BCUT2D eigenvalue weighted by molar-refractivity contribution is -0.139. The number of amides is 1. The molecule has 9 heteroatoms. The van der Waals surface area contributed by atoms with Gasteiger partial charge in [-0.05, 0) is 72.9 Å². The van der Waals surface area contributed by atoms with E-state index >= 15 is 0 Å². The highest BCUT2D eigenvalue weighted by Gasteiger charge is 2.21. The lowest BCUT2D eigenvalue weighted by Crippen LogP contribution is -2.40. The number of imidazole rings is 1. The molecule has 3 rings (SSSR count). The summed E-state index contributed by atoms with van der Waals surface area (Å²) in [6, 6.07) is 12.3. The molecule has 0 saturated heterocycles. The quantitative estimate of drug-likeness (QED) is 0.139. The van der Waals surface area contributed by atoms with Gasteiger partial charge in [0.25, 0.3) is 5.91 Å². The Labute approximate surface area is 256 Å². The number of carbonyl (C=O) groups is 2. The Hall–Kier alpha value is -4.69. The largest absolute Gasteiger partial charge is 0.489 e. The molecule has 1 unspecified atom stereocenters. The van der Waals surface area contributed by atoms with Gasteiger partial charge in [0.2, 0.25) is 0 Å². The SMILES string of the molecule is C=C/C(=C\Cn1cc(C(=O)NC(C/C=C/C=C(\C=C/CC)OCc2ccc(F)cc2)C(=O)O)nc1C)c1ccc(Cl)cc1. The maximum absolute atomic E-state index is 13.2. The van der Waals surface area contributed by atoms with Gasteiger partial charge in [-0.15, -0.1) is 0 Å². The number of aromatic nitrogens is 2. The first-order valence-electron chi connectivity index (χ1n) is 13.8. The van der Waals surface area contributed by atoms with Crippen LogP contribution in [0.4, 0.5) is 4.39 Å². The molecule has 0 aliphatic rings. The Morgan fingerprint density at radius 3 is 2.53 bits per heavy atom. The van der Waals surface area contributed by atoms with Crippen molar-refractivity contribution >= 4 is 29.1 Å². The average molecular weight is 604 g/mol. The number of carbonyl (C=O) groups excluding carboxylic acids is 1. The highest BCUT2D eigenvalue weighted by molar-refractivity contribution is 6.30. The molecule has 43 heavy (non-hydrogen) atoms. The van der Waals surface area contributed by atoms with Crippen LogP contribution in [0.15, 0.2) is 110 Å². The number of nitrogens with zero attached hydrogens (tertiary/aromatic N) is 2. The number of benzene rings is 2. The Morgan fingerprint density at radius 2 is 1.88 bits per heavy atom. The summed E-state index contributed by atoms with van der Waals surface area (Å²) in [6.07, 6.45) is 14.9. The van der Waals surface area contributed by atoms with Crippen LogP contribution in [0.1, 0.15) is 47.2 Å². The number of ether oxygens (including phenoxy) is 1. The topological polar surface area (TPSA) is 93.5 Å². The molecule has 7 nitrogen and oxygen atoms in total. The number of aliphatic carboxylic acids is 1. The van der Waals surface area contributed by atoms with E-state index in [0.717, 1.165) is 23.1 Å². The van der Waals surface area contributed by atoms with Gasteiger partial charge in [0.05, 0.1) is 0 Å². The fourth-order valence-electron chi connectivity index (χ4n) is 3.93. The third-order valence-electron chi connectivity index (χ3n) is 6.32. The van der Waals surface area contributed by atoms with Crippen LogP contribution in [0.3, 0.4) is 0 Å². The predicted molar refractivity (Wildman–Crippen MR) is 168 cm³/mol. The lowest BCUT2D eigenvalue weighted by atomic mass is 10.1. The number of nitrogens with one attached hydrogen (secondary N) is 1. The highest BCUT2D eigenvalue weighted by Crippen LogP contribution is 2.19. The number of carboxylic acid groups (broad SMARTS) is 1. The van der Waals surface area contributed by atoms with Crippen LogP contribution < -0.4 is 5.32 Å². The molecular weight excluding hydrogens is 569 g/mol. The van der Waals surface area contributed by atoms with Gasteiger partial charge in [0.15, 0.2) is 0 Å². The number of hydrogen-bond acceptors (Lipinski definition) is 4. The first-order chi connectivity index (χ1) is 20.7. The van der Waals surface area contributed by atoms with Crippen LogP contribution in [0.2, 0.25) is 5.02 Å². The van der Waals surface area contributed by atoms with E-state index in [2.05, 4.69) is 16.9 Å². The second kappa shape index (κ2) is 16.7. The van der Waals surface area contributed by atoms with Crippen molar-refractivity contribution < 1.29 is 23.8 Å². The lowest BCUT2D eigenvalue weighted by Gasteiger charge is -2.11. The molecular formula is C34H35ClFN3O4. The van der Waals surface area contributed by atoms with Crippen molar-refractivity contribution in [3.05, 3.63) is 143 Å². The van der Waals surface area contributed by atoms with E-state index in [0.29, 0.717) is 23.2 Å². The molecule has 1 heterocycles. The van der Waals surface area contributed by atoms with E-state index in [-0.39, 0.29) is 24.5 Å². The summed E-state index contributed by atoms with van der Waals surface area (Å²) in [4.78, 5) is 29.1. The van der Waals surface area contributed by atoms with E-state index in [1.54, 1.807) is 66.3 Å². The summed E-state index contributed by atoms with van der Waals surface area (Å²) < 4.78 is 20.8. The number of carboxylic acids is 1. The number of halogens is 2. The fourth-order valence-corrected chi connectivity index (χ4v) is 4.05. The van der Waals surface area contributed by atoms with E-state index in [9.17, 15) is 19.1 Å². The molecule has 3 aromatic rings. The van der Waals surface area contributed by atoms with Crippen molar-refractivity contribution in [2.45, 2.75) is 45.9 Å². The van der Waals surface area contributed by atoms with Gasteiger partial charge in [-0.1, -0.05) is 79.7 Å². The molecule has 0 radical (unpaired) electrons. The van der Waals surface area contributed by atoms with Crippen LogP contribution in [-0.2, 0) is 22.7 Å². The number of aryl methyl sites for hydroxylation is 1. The van der Waals surface area contributed by atoms with E-state index < -0.39 is 17.9 Å². The molecule has 224 valence electrons. The summed E-state index contributed by atoms with van der Waals surface area (Å²) >= 11 is 5.99. The third-order valence-corrected chi connectivity index (χ3v) is 6.57. The second-order valence-electron chi connectivity index (χ2n) is 9.52. The van der Waals surface area contributed by atoms with Crippen molar-refractivity contribution in [1.29, 1.82) is 0 Å². The van der Waals surface area contributed by atoms with Gasteiger partial charge in [0, 0.05) is 17.8 Å². The molecule has 0 fully saturated rings. The highest BCUT2D eigenvalue weighted by atomic mass is 35.5. The molecule has 1 amide bonds. The molecule has 1 aromatic heterocycles. The van der Waals surface area contributed by atoms with Crippen molar-refractivity contribution in [1.82, 2.24) is 14.9 Å². The van der Waals surface area contributed by atoms with Crippen molar-refractivity contribution in [3.63, 3.8) is 0 Å². The van der Waals surface area contributed by atoms with Gasteiger partial charge in [-0.25, -0.2) is 14.2 Å². The normalized spacial score (nSPS) is 12.9. The van der Waals surface area contributed by atoms with Gasteiger partial charge >= 0.3 is 5.97 Å².